The maximum absolute atomic E-state index is 11.2. The van der Waals surface area contributed by atoms with Gasteiger partial charge in [-0.05, 0) is 28.1 Å². The van der Waals surface area contributed by atoms with Crippen molar-refractivity contribution < 1.29 is 8.42 Å². The molecule has 0 fully saturated rings. The molecule has 1 N–H and O–H groups in total. The largest absolute Gasteiger partial charge is 0.362 e. The predicted molar refractivity (Wildman–Crippen MR) is 67.3 cm³/mol. The van der Waals surface area contributed by atoms with Crippen LogP contribution in [-0.4, -0.2) is 25.2 Å². The molecule has 0 spiro atoms. The maximum Gasteiger partial charge on any atom is 0.173 e. The smallest absolute Gasteiger partial charge is 0.173 e. The number of halogens is 2. The highest BCUT2D eigenvalue weighted by atomic mass is 79.9. The van der Waals surface area contributed by atoms with Crippen molar-refractivity contribution in [3.05, 3.63) is 33.2 Å². The Hall–Kier alpha value is -0.590. The lowest BCUT2D eigenvalue weighted by atomic mass is 10.3. The van der Waals surface area contributed by atoms with Crippen molar-refractivity contribution >= 4 is 43.2 Å². The number of sulfone groups is 1. The zero-order valence-electron chi connectivity index (χ0n) is 8.02. The molecule has 1 aliphatic rings. The fourth-order valence-electron chi connectivity index (χ4n) is 1.36. The van der Waals surface area contributed by atoms with Gasteiger partial charge in [-0.2, -0.15) is 0 Å². The molecule has 0 aromatic carbocycles. The van der Waals surface area contributed by atoms with Crippen LogP contribution in [0.25, 0.3) is 0 Å². The zero-order valence-corrected chi connectivity index (χ0v) is 11.2. The van der Waals surface area contributed by atoms with E-state index in [1.807, 2.05) is 0 Å². The third-order valence-corrected chi connectivity index (χ3v) is 4.18. The molecule has 0 bridgehead atoms. The van der Waals surface area contributed by atoms with Crippen LogP contribution in [0.5, 0.6) is 0 Å². The normalized spacial score (nSPS) is 22.2. The van der Waals surface area contributed by atoms with E-state index in [2.05, 4.69) is 26.2 Å². The molecule has 1 aliphatic heterocycles. The Morgan fingerprint density at radius 1 is 1.56 bits per heavy atom. The Labute approximate surface area is 107 Å². The minimum atomic E-state index is -3.06. The van der Waals surface area contributed by atoms with Gasteiger partial charge >= 0.3 is 0 Å². The summed E-state index contributed by atoms with van der Waals surface area (Å²) in [6, 6.07) is 1.43. The van der Waals surface area contributed by atoms with Gasteiger partial charge < -0.3 is 5.32 Å². The van der Waals surface area contributed by atoms with Crippen LogP contribution in [0.4, 0.5) is 5.82 Å². The number of rotatable bonds is 2. The Morgan fingerprint density at radius 2 is 2.31 bits per heavy atom. The minimum absolute atomic E-state index is 0.0427. The summed E-state index contributed by atoms with van der Waals surface area (Å²) in [6.45, 7) is 0. The van der Waals surface area contributed by atoms with Gasteiger partial charge in [-0.25, -0.2) is 13.4 Å². The van der Waals surface area contributed by atoms with Crippen molar-refractivity contribution in [3.63, 3.8) is 0 Å². The molecule has 2 rings (SSSR count). The SMILES string of the molecule is O=S1(=O)C=CC(Nc2ncc(Br)cc2Cl)C1. The second-order valence-electron chi connectivity index (χ2n) is 3.39. The van der Waals surface area contributed by atoms with Gasteiger partial charge in [-0.1, -0.05) is 11.6 Å². The van der Waals surface area contributed by atoms with Gasteiger partial charge in [0.15, 0.2) is 9.84 Å². The van der Waals surface area contributed by atoms with E-state index in [1.54, 1.807) is 18.3 Å². The van der Waals surface area contributed by atoms with E-state index in [0.29, 0.717) is 10.8 Å². The zero-order chi connectivity index (χ0) is 11.8. The van der Waals surface area contributed by atoms with Crippen molar-refractivity contribution in [3.8, 4) is 0 Å². The van der Waals surface area contributed by atoms with Crippen molar-refractivity contribution in [1.29, 1.82) is 0 Å². The van der Waals surface area contributed by atoms with Gasteiger partial charge in [0.05, 0.1) is 16.8 Å². The molecule has 0 amide bonds. The molecule has 4 nitrogen and oxygen atoms in total. The molecule has 86 valence electrons. The summed E-state index contributed by atoms with van der Waals surface area (Å²) in [5, 5.41) is 4.62. The lowest BCUT2D eigenvalue weighted by molar-refractivity contribution is 0.605. The third-order valence-electron chi connectivity index (χ3n) is 2.06. The van der Waals surface area contributed by atoms with Crippen LogP contribution in [-0.2, 0) is 9.84 Å². The highest BCUT2D eigenvalue weighted by Gasteiger charge is 2.22. The van der Waals surface area contributed by atoms with E-state index in [0.717, 1.165) is 4.47 Å². The van der Waals surface area contributed by atoms with Crippen molar-refractivity contribution in [2.24, 2.45) is 0 Å². The average Bonchev–Trinajstić information content (AvgIpc) is 2.51. The standard InChI is InChI=1S/C9H8BrClN2O2S/c10-6-3-8(11)9(12-4-6)13-7-1-2-16(14,15)5-7/h1-4,7H,5H2,(H,12,13). The molecule has 1 aromatic rings. The summed E-state index contributed by atoms with van der Waals surface area (Å²) in [5.41, 5.74) is 0. The van der Waals surface area contributed by atoms with E-state index >= 15 is 0 Å². The van der Waals surface area contributed by atoms with Gasteiger partial charge in [0.25, 0.3) is 0 Å². The van der Waals surface area contributed by atoms with Crippen LogP contribution < -0.4 is 5.32 Å². The lowest BCUT2D eigenvalue weighted by Gasteiger charge is -2.11. The lowest BCUT2D eigenvalue weighted by Crippen LogP contribution is -2.21. The summed E-state index contributed by atoms with van der Waals surface area (Å²) in [4.78, 5) is 4.07. The van der Waals surface area contributed by atoms with E-state index in [9.17, 15) is 8.42 Å². The first-order valence-corrected chi connectivity index (χ1v) is 7.33. The van der Waals surface area contributed by atoms with Gasteiger partial charge in [0, 0.05) is 16.1 Å². The van der Waals surface area contributed by atoms with E-state index in [4.69, 9.17) is 11.6 Å². The third kappa shape index (κ3) is 2.75. The van der Waals surface area contributed by atoms with Gasteiger partial charge in [-0.15, -0.1) is 0 Å². The van der Waals surface area contributed by atoms with Crippen molar-refractivity contribution in [2.45, 2.75) is 6.04 Å². The van der Waals surface area contributed by atoms with Crippen LogP contribution in [0, 0.1) is 0 Å². The van der Waals surface area contributed by atoms with E-state index < -0.39 is 9.84 Å². The van der Waals surface area contributed by atoms with Crippen LogP contribution in [0.3, 0.4) is 0 Å². The Morgan fingerprint density at radius 3 is 2.88 bits per heavy atom. The summed E-state index contributed by atoms with van der Waals surface area (Å²) in [7, 11) is -3.06. The number of hydrogen-bond donors (Lipinski definition) is 1. The number of pyridine rings is 1. The van der Waals surface area contributed by atoms with E-state index in [1.165, 1.54) is 5.41 Å². The summed E-state index contributed by atoms with van der Waals surface area (Å²) in [5.74, 6) is 0.526. The average molecular weight is 324 g/mol. The summed E-state index contributed by atoms with van der Waals surface area (Å²) >= 11 is 9.19. The molecule has 1 aromatic heterocycles. The second kappa shape index (κ2) is 4.35. The van der Waals surface area contributed by atoms with Crippen LogP contribution in [0.2, 0.25) is 5.02 Å². The second-order valence-corrected chi connectivity index (χ2v) is 6.65. The molecule has 2 heterocycles. The molecule has 7 heteroatoms. The number of hydrogen-bond acceptors (Lipinski definition) is 4. The molecule has 16 heavy (non-hydrogen) atoms. The first-order valence-electron chi connectivity index (χ1n) is 4.45. The number of nitrogens with zero attached hydrogens (tertiary/aromatic N) is 1. The molecule has 1 atom stereocenters. The van der Waals surface area contributed by atoms with Gasteiger partial charge in [0.2, 0.25) is 0 Å². The molecule has 1 unspecified atom stereocenters. The quantitative estimate of drug-likeness (QED) is 0.906. The van der Waals surface area contributed by atoms with Crippen LogP contribution in [0.15, 0.2) is 28.2 Å². The first-order chi connectivity index (χ1) is 7.46. The van der Waals surface area contributed by atoms with Crippen LogP contribution in [0.1, 0.15) is 0 Å². The Balaban J connectivity index is 2.14. The topological polar surface area (TPSA) is 59.1 Å². The number of anilines is 1. The molecular formula is C9H8BrClN2O2S. The molecule has 0 saturated heterocycles. The van der Waals surface area contributed by atoms with Gasteiger partial charge in [-0.3, -0.25) is 0 Å². The predicted octanol–water partition coefficient (Wildman–Crippen LogP) is 2.22. The molecular weight excluding hydrogens is 316 g/mol. The molecule has 0 aliphatic carbocycles. The van der Waals surface area contributed by atoms with E-state index in [-0.39, 0.29) is 11.8 Å². The first kappa shape index (κ1) is 11.9. The highest BCUT2D eigenvalue weighted by molar-refractivity contribution is 9.10. The van der Waals surface area contributed by atoms with Gasteiger partial charge in [0.1, 0.15) is 5.82 Å². The molecule has 0 radical (unpaired) electrons. The van der Waals surface area contributed by atoms with Crippen LogP contribution >= 0.6 is 27.5 Å². The highest BCUT2D eigenvalue weighted by Crippen LogP contribution is 2.24. The van der Waals surface area contributed by atoms with Crippen molar-refractivity contribution in [1.82, 2.24) is 4.98 Å². The fraction of sp³-hybridized carbons (Fsp3) is 0.222. The summed E-state index contributed by atoms with van der Waals surface area (Å²) < 4.78 is 23.1. The number of aromatic nitrogens is 1. The fourth-order valence-corrected chi connectivity index (χ4v) is 3.28. The minimum Gasteiger partial charge on any atom is -0.362 e. The Bertz CT molecular complexity index is 544. The monoisotopic (exact) mass is 322 g/mol. The van der Waals surface area contributed by atoms with Crippen molar-refractivity contribution in [2.75, 3.05) is 11.1 Å². The molecule has 0 saturated carbocycles. The summed E-state index contributed by atoms with van der Waals surface area (Å²) in [6.07, 6.45) is 3.19. The maximum atomic E-state index is 11.2. The Kier molecular flexibility index (Phi) is 3.23. The number of nitrogens with one attached hydrogen (secondary N) is 1.